The van der Waals surface area contributed by atoms with Crippen LogP contribution in [0.4, 0.5) is 19.0 Å². The van der Waals surface area contributed by atoms with Crippen molar-refractivity contribution in [3.8, 4) is 11.3 Å². The summed E-state index contributed by atoms with van der Waals surface area (Å²) in [6.07, 6.45) is -2.20. The van der Waals surface area contributed by atoms with Crippen LogP contribution in [-0.2, 0) is 11.0 Å². The fourth-order valence-corrected chi connectivity index (χ4v) is 2.38. The number of alkyl halides is 3. The lowest BCUT2D eigenvalue weighted by atomic mass is 9.98. The lowest BCUT2D eigenvalue weighted by Gasteiger charge is -2.14. The topological polar surface area (TPSA) is 92.2 Å². The highest BCUT2D eigenvalue weighted by atomic mass is 19.4. The maximum Gasteiger partial charge on any atom is 0.417 e. The van der Waals surface area contributed by atoms with Gasteiger partial charge in [-0.05, 0) is 18.9 Å². The Morgan fingerprint density at radius 1 is 1.20 bits per heavy atom. The molecule has 2 N–H and O–H groups in total. The van der Waals surface area contributed by atoms with E-state index in [-0.39, 0.29) is 28.9 Å². The zero-order valence-corrected chi connectivity index (χ0v) is 12.7. The minimum Gasteiger partial charge on any atom is -0.478 e. The molecule has 1 aliphatic rings. The highest BCUT2D eigenvalue weighted by Gasteiger charge is 2.37. The summed E-state index contributed by atoms with van der Waals surface area (Å²) in [5, 5.41) is 11.8. The lowest BCUT2D eigenvalue weighted by molar-refractivity contribution is -0.138. The van der Waals surface area contributed by atoms with Crippen molar-refractivity contribution in [3.05, 3.63) is 41.7 Å². The van der Waals surface area contributed by atoms with Crippen molar-refractivity contribution in [3.63, 3.8) is 0 Å². The molecule has 3 rings (SSSR count). The van der Waals surface area contributed by atoms with Gasteiger partial charge >= 0.3 is 12.1 Å². The van der Waals surface area contributed by atoms with Crippen molar-refractivity contribution >= 4 is 17.7 Å². The van der Waals surface area contributed by atoms with Gasteiger partial charge in [-0.1, -0.05) is 12.1 Å². The summed E-state index contributed by atoms with van der Waals surface area (Å²) in [7, 11) is 0. The number of aromatic carboxylic acids is 1. The molecule has 1 saturated carbocycles. The van der Waals surface area contributed by atoms with Crippen LogP contribution >= 0.6 is 0 Å². The van der Waals surface area contributed by atoms with Gasteiger partial charge < -0.3 is 10.4 Å². The van der Waals surface area contributed by atoms with Crippen LogP contribution in [0.2, 0.25) is 0 Å². The molecule has 6 nitrogen and oxygen atoms in total. The number of benzene rings is 1. The summed E-state index contributed by atoms with van der Waals surface area (Å²) in [6, 6.07) is 4.29. The van der Waals surface area contributed by atoms with Gasteiger partial charge in [0, 0.05) is 17.5 Å². The molecule has 0 radical (unpaired) electrons. The second-order valence-corrected chi connectivity index (χ2v) is 5.58. The quantitative estimate of drug-likeness (QED) is 0.882. The fourth-order valence-electron chi connectivity index (χ4n) is 2.38. The lowest BCUT2D eigenvalue weighted by Crippen LogP contribution is -2.15. The minimum absolute atomic E-state index is 0.0235. The minimum atomic E-state index is -4.82. The fraction of sp³-hybridized carbons (Fsp3) is 0.250. The van der Waals surface area contributed by atoms with Gasteiger partial charge in [-0.25, -0.2) is 14.8 Å². The molecule has 1 aromatic carbocycles. The first-order valence-electron chi connectivity index (χ1n) is 7.34. The maximum absolute atomic E-state index is 13.1. The Balaban J connectivity index is 2.04. The van der Waals surface area contributed by atoms with Gasteiger partial charge in [0.1, 0.15) is 12.1 Å². The van der Waals surface area contributed by atoms with E-state index in [1.807, 2.05) is 0 Å². The molecule has 1 aliphatic carbocycles. The monoisotopic (exact) mass is 351 g/mol. The Labute approximate surface area is 139 Å². The average Bonchev–Trinajstić information content (AvgIpc) is 3.38. The van der Waals surface area contributed by atoms with Crippen molar-refractivity contribution in [2.75, 3.05) is 5.32 Å². The Hall–Kier alpha value is -2.97. The molecule has 1 fully saturated rings. The van der Waals surface area contributed by atoms with Crippen LogP contribution in [0.25, 0.3) is 11.3 Å². The summed E-state index contributed by atoms with van der Waals surface area (Å²) in [5.74, 6) is -1.92. The number of amides is 1. The molecular weight excluding hydrogens is 339 g/mol. The highest BCUT2D eigenvalue weighted by Crippen LogP contribution is 2.36. The third-order valence-electron chi connectivity index (χ3n) is 3.73. The molecule has 9 heteroatoms. The van der Waals surface area contributed by atoms with Crippen LogP contribution in [0.1, 0.15) is 28.8 Å². The van der Waals surface area contributed by atoms with Crippen molar-refractivity contribution in [2.24, 2.45) is 5.92 Å². The first-order valence-corrected chi connectivity index (χ1v) is 7.34. The molecule has 25 heavy (non-hydrogen) atoms. The normalized spacial score (nSPS) is 14.2. The number of carboxylic acid groups (broad SMARTS) is 1. The maximum atomic E-state index is 13.1. The molecule has 0 bridgehead atoms. The van der Waals surface area contributed by atoms with E-state index in [2.05, 4.69) is 15.3 Å². The smallest absolute Gasteiger partial charge is 0.417 e. The SMILES string of the molecule is O=C(O)c1c(-c2cc(NC(=O)C3CC3)ncn2)cccc1C(F)(F)F. The third kappa shape index (κ3) is 3.59. The number of anilines is 1. The van der Waals surface area contributed by atoms with Gasteiger partial charge in [0.25, 0.3) is 0 Å². The van der Waals surface area contributed by atoms with Crippen LogP contribution in [0.5, 0.6) is 0 Å². The molecule has 1 amide bonds. The number of nitrogens with one attached hydrogen (secondary N) is 1. The Morgan fingerprint density at radius 2 is 1.92 bits per heavy atom. The number of aromatic nitrogens is 2. The van der Waals surface area contributed by atoms with E-state index in [1.165, 1.54) is 12.1 Å². The van der Waals surface area contributed by atoms with E-state index in [4.69, 9.17) is 0 Å². The summed E-state index contributed by atoms with van der Waals surface area (Å²) < 4.78 is 39.3. The molecule has 0 saturated heterocycles. The molecule has 0 spiro atoms. The summed E-state index contributed by atoms with van der Waals surface area (Å²) in [6.45, 7) is 0. The largest absolute Gasteiger partial charge is 0.478 e. The second kappa shape index (κ2) is 6.15. The predicted octanol–water partition coefficient (Wildman–Crippen LogP) is 3.21. The second-order valence-electron chi connectivity index (χ2n) is 5.58. The van der Waals surface area contributed by atoms with E-state index >= 15 is 0 Å². The van der Waals surface area contributed by atoms with Crippen molar-refractivity contribution < 1.29 is 27.9 Å². The van der Waals surface area contributed by atoms with Crippen LogP contribution in [0.15, 0.2) is 30.6 Å². The summed E-state index contributed by atoms with van der Waals surface area (Å²) in [5.41, 5.74) is -2.39. The van der Waals surface area contributed by atoms with Crippen LogP contribution in [0.3, 0.4) is 0 Å². The number of rotatable bonds is 4. The molecule has 0 unspecified atom stereocenters. The molecule has 0 aliphatic heterocycles. The standard InChI is InChI=1S/C16H12F3N3O3/c17-16(18,19)10-3-1-2-9(13(10)15(24)25)11-6-12(21-7-20-11)22-14(23)8-4-5-8/h1-3,6-8H,4-5H2,(H,24,25)(H,20,21,22,23). The van der Waals surface area contributed by atoms with Crippen molar-refractivity contribution in [2.45, 2.75) is 19.0 Å². The number of carbonyl (C=O) groups excluding carboxylic acids is 1. The molecule has 1 aromatic heterocycles. The average molecular weight is 351 g/mol. The zero-order valence-electron chi connectivity index (χ0n) is 12.7. The summed E-state index contributed by atoms with van der Waals surface area (Å²) in [4.78, 5) is 30.9. The van der Waals surface area contributed by atoms with Gasteiger partial charge in [0.2, 0.25) is 5.91 Å². The molecule has 130 valence electrons. The van der Waals surface area contributed by atoms with Gasteiger partial charge in [-0.2, -0.15) is 13.2 Å². The Morgan fingerprint density at radius 3 is 2.52 bits per heavy atom. The highest BCUT2D eigenvalue weighted by molar-refractivity contribution is 5.98. The van der Waals surface area contributed by atoms with E-state index in [0.29, 0.717) is 6.07 Å². The number of halogens is 3. The van der Waals surface area contributed by atoms with E-state index in [1.54, 1.807) is 0 Å². The van der Waals surface area contributed by atoms with E-state index < -0.39 is 23.3 Å². The molecule has 1 heterocycles. The predicted molar refractivity (Wildman–Crippen MR) is 80.8 cm³/mol. The van der Waals surface area contributed by atoms with Gasteiger partial charge in [-0.3, -0.25) is 4.79 Å². The van der Waals surface area contributed by atoms with Gasteiger partial charge in [0.05, 0.1) is 16.8 Å². The Bertz CT molecular complexity index is 848. The molecule has 0 atom stereocenters. The number of nitrogens with zero attached hydrogens (tertiary/aromatic N) is 2. The number of hydrogen-bond donors (Lipinski definition) is 2. The number of carboxylic acids is 1. The van der Waals surface area contributed by atoms with E-state index in [9.17, 15) is 27.9 Å². The molecule has 2 aromatic rings. The van der Waals surface area contributed by atoms with Crippen LogP contribution in [-0.4, -0.2) is 27.0 Å². The number of carbonyl (C=O) groups is 2. The summed E-state index contributed by atoms with van der Waals surface area (Å²) >= 11 is 0. The molecular formula is C16H12F3N3O3. The third-order valence-corrected chi connectivity index (χ3v) is 3.73. The first kappa shape index (κ1) is 16.9. The van der Waals surface area contributed by atoms with Crippen LogP contribution in [0, 0.1) is 5.92 Å². The Kier molecular flexibility index (Phi) is 4.15. The van der Waals surface area contributed by atoms with Gasteiger partial charge in [0.15, 0.2) is 0 Å². The van der Waals surface area contributed by atoms with Gasteiger partial charge in [-0.15, -0.1) is 0 Å². The van der Waals surface area contributed by atoms with Crippen molar-refractivity contribution in [1.29, 1.82) is 0 Å². The van der Waals surface area contributed by atoms with Crippen LogP contribution < -0.4 is 5.32 Å². The van der Waals surface area contributed by atoms with Crippen molar-refractivity contribution in [1.82, 2.24) is 9.97 Å². The zero-order chi connectivity index (χ0) is 18.2. The van der Waals surface area contributed by atoms with E-state index in [0.717, 1.165) is 25.2 Å². The first-order chi connectivity index (χ1) is 11.8. The number of hydrogen-bond acceptors (Lipinski definition) is 4.